The van der Waals surface area contributed by atoms with Crippen molar-refractivity contribution in [3.63, 3.8) is 0 Å². The van der Waals surface area contributed by atoms with Gasteiger partial charge in [-0.3, -0.25) is 9.59 Å². The van der Waals surface area contributed by atoms with Crippen LogP contribution in [0.4, 0.5) is 17.1 Å². The summed E-state index contributed by atoms with van der Waals surface area (Å²) in [6.45, 7) is 0. The summed E-state index contributed by atoms with van der Waals surface area (Å²) in [6, 6.07) is 11.1. The van der Waals surface area contributed by atoms with E-state index in [4.69, 9.17) is 20.3 Å². The van der Waals surface area contributed by atoms with E-state index in [9.17, 15) is 24.6 Å². The molecule has 3 aromatic carbocycles. The molecule has 0 aromatic heterocycles. The molecule has 7 N–H and O–H groups in total. The Balaban J connectivity index is 1.89. The summed E-state index contributed by atoms with van der Waals surface area (Å²) in [7, 11) is 2.44. The minimum atomic E-state index is -1.38. The standard InChI is InChI=1S/C23H21N3O8/c1-33-19-15(25-21(29)11-3-5-12(24)6-4-11)9-7-13(17(19)27)22(30)26-16-10-8-14(23(31)32)18(28)20(16)34-2/h3-10,27-28H,24H2,1-2H3,(H,25,29)(H,26,30)(H,31,32). The first-order valence-electron chi connectivity index (χ1n) is 9.69. The van der Waals surface area contributed by atoms with E-state index in [1.807, 2.05) is 0 Å². The fourth-order valence-electron chi connectivity index (χ4n) is 3.13. The maximum absolute atomic E-state index is 12.8. The predicted molar refractivity (Wildman–Crippen MR) is 123 cm³/mol. The lowest BCUT2D eigenvalue weighted by molar-refractivity contribution is 0.0692. The van der Waals surface area contributed by atoms with Gasteiger partial charge < -0.3 is 41.2 Å². The number of benzene rings is 3. The molecule has 34 heavy (non-hydrogen) atoms. The van der Waals surface area contributed by atoms with Crippen molar-refractivity contribution in [2.45, 2.75) is 0 Å². The number of carboxylic acid groups (broad SMARTS) is 1. The van der Waals surface area contributed by atoms with Crippen LogP contribution in [0.1, 0.15) is 31.1 Å². The van der Waals surface area contributed by atoms with E-state index in [1.54, 1.807) is 12.1 Å². The molecule has 11 nitrogen and oxygen atoms in total. The van der Waals surface area contributed by atoms with E-state index in [-0.39, 0.29) is 28.4 Å². The normalized spacial score (nSPS) is 10.3. The third kappa shape index (κ3) is 4.63. The number of nitrogens with two attached hydrogens (primary N) is 1. The number of carbonyl (C=O) groups excluding carboxylic acids is 2. The fraction of sp³-hybridized carbons (Fsp3) is 0.0870. The Kier molecular flexibility index (Phi) is 6.76. The number of rotatable bonds is 7. The van der Waals surface area contributed by atoms with Gasteiger partial charge in [0.25, 0.3) is 11.8 Å². The van der Waals surface area contributed by atoms with Gasteiger partial charge in [0.15, 0.2) is 23.0 Å². The van der Waals surface area contributed by atoms with E-state index < -0.39 is 34.8 Å². The largest absolute Gasteiger partial charge is 0.504 e. The Hall–Kier alpha value is -4.93. The molecule has 0 bridgehead atoms. The van der Waals surface area contributed by atoms with Crippen LogP contribution in [0.25, 0.3) is 0 Å². The number of aromatic hydroxyl groups is 2. The number of phenols is 2. The first-order chi connectivity index (χ1) is 16.2. The number of nitrogens with one attached hydrogen (secondary N) is 2. The summed E-state index contributed by atoms with van der Waals surface area (Å²) in [5.74, 6) is -4.34. The molecule has 3 rings (SSSR count). The molecular weight excluding hydrogens is 446 g/mol. The lowest BCUT2D eigenvalue weighted by Gasteiger charge is -2.16. The first kappa shape index (κ1) is 23.7. The van der Waals surface area contributed by atoms with E-state index in [2.05, 4.69) is 10.6 Å². The van der Waals surface area contributed by atoms with Crippen LogP contribution in [0.15, 0.2) is 48.5 Å². The van der Waals surface area contributed by atoms with Gasteiger partial charge in [-0.2, -0.15) is 0 Å². The van der Waals surface area contributed by atoms with Gasteiger partial charge in [-0.15, -0.1) is 0 Å². The number of phenolic OH excluding ortho intramolecular Hbond substituents is 1. The molecule has 0 fully saturated rings. The summed E-state index contributed by atoms with van der Waals surface area (Å²) in [4.78, 5) is 36.5. The van der Waals surface area contributed by atoms with Crippen molar-refractivity contribution in [3.8, 4) is 23.0 Å². The second-order valence-electron chi connectivity index (χ2n) is 6.92. The monoisotopic (exact) mass is 467 g/mol. The molecule has 2 amide bonds. The summed E-state index contributed by atoms with van der Waals surface area (Å²) in [5.41, 5.74) is 5.87. The average molecular weight is 467 g/mol. The van der Waals surface area contributed by atoms with Crippen LogP contribution in [-0.4, -0.2) is 47.3 Å². The Morgan fingerprint density at radius 2 is 1.21 bits per heavy atom. The maximum Gasteiger partial charge on any atom is 0.339 e. The summed E-state index contributed by atoms with van der Waals surface area (Å²) >= 11 is 0. The molecular formula is C23H21N3O8. The van der Waals surface area contributed by atoms with Gasteiger partial charge in [-0.05, 0) is 48.5 Å². The van der Waals surface area contributed by atoms with E-state index in [0.717, 1.165) is 6.07 Å². The molecule has 0 aliphatic heterocycles. The second kappa shape index (κ2) is 9.69. The molecule has 0 aliphatic rings. The second-order valence-corrected chi connectivity index (χ2v) is 6.92. The first-order valence-corrected chi connectivity index (χ1v) is 9.69. The third-order valence-corrected chi connectivity index (χ3v) is 4.82. The molecule has 0 unspecified atom stereocenters. The third-order valence-electron chi connectivity index (χ3n) is 4.82. The van der Waals surface area contributed by atoms with Gasteiger partial charge >= 0.3 is 5.97 Å². The van der Waals surface area contributed by atoms with Crippen molar-refractivity contribution in [2.75, 3.05) is 30.6 Å². The molecule has 11 heteroatoms. The van der Waals surface area contributed by atoms with Gasteiger partial charge in [0.2, 0.25) is 0 Å². The van der Waals surface area contributed by atoms with Crippen molar-refractivity contribution < 1.29 is 39.2 Å². The van der Waals surface area contributed by atoms with Crippen LogP contribution in [-0.2, 0) is 0 Å². The quantitative estimate of drug-likeness (QED) is 0.285. The highest BCUT2D eigenvalue weighted by molar-refractivity contribution is 6.10. The van der Waals surface area contributed by atoms with Gasteiger partial charge in [0.1, 0.15) is 5.56 Å². The minimum absolute atomic E-state index is 0.0332. The molecule has 0 atom stereocenters. The number of carbonyl (C=O) groups is 3. The van der Waals surface area contributed by atoms with Gasteiger partial charge in [-0.1, -0.05) is 0 Å². The molecule has 0 saturated heterocycles. The van der Waals surface area contributed by atoms with Crippen molar-refractivity contribution in [1.29, 1.82) is 0 Å². The molecule has 0 saturated carbocycles. The molecule has 3 aromatic rings. The maximum atomic E-state index is 12.8. The Bertz CT molecular complexity index is 1270. The Morgan fingerprint density at radius 1 is 0.735 bits per heavy atom. The predicted octanol–water partition coefficient (Wildman–Crippen LogP) is 2.90. The summed E-state index contributed by atoms with van der Waals surface area (Å²) < 4.78 is 10.2. The van der Waals surface area contributed by atoms with Crippen molar-refractivity contribution in [1.82, 2.24) is 0 Å². The Morgan fingerprint density at radius 3 is 1.71 bits per heavy atom. The molecule has 0 radical (unpaired) electrons. The highest BCUT2D eigenvalue weighted by atomic mass is 16.5. The topological polar surface area (TPSA) is 180 Å². The highest BCUT2D eigenvalue weighted by Gasteiger charge is 2.23. The fourth-order valence-corrected chi connectivity index (χ4v) is 3.13. The number of anilines is 3. The lowest BCUT2D eigenvalue weighted by Crippen LogP contribution is -2.16. The van der Waals surface area contributed by atoms with Crippen molar-refractivity contribution in [3.05, 3.63) is 65.2 Å². The lowest BCUT2D eigenvalue weighted by atomic mass is 10.1. The van der Waals surface area contributed by atoms with E-state index in [0.29, 0.717) is 11.3 Å². The summed E-state index contributed by atoms with van der Waals surface area (Å²) in [5, 5.41) is 34.9. The highest BCUT2D eigenvalue weighted by Crippen LogP contribution is 2.40. The van der Waals surface area contributed by atoms with Crippen LogP contribution < -0.4 is 25.8 Å². The zero-order valence-corrected chi connectivity index (χ0v) is 18.1. The SMILES string of the molecule is COc1c(NC(=O)c2ccc(NC(=O)c3ccc(N)cc3)c(OC)c2O)ccc(C(=O)O)c1O. The van der Waals surface area contributed by atoms with Gasteiger partial charge in [0.05, 0.1) is 31.2 Å². The van der Waals surface area contributed by atoms with E-state index >= 15 is 0 Å². The Labute approximate surface area is 193 Å². The number of hydrogen-bond donors (Lipinski definition) is 6. The number of carboxylic acids is 1. The minimum Gasteiger partial charge on any atom is -0.504 e. The number of nitrogen functional groups attached to an aromatic ring is 1. The van der Waals surface area contributed by atoms with Crippen LogP contribution in [0.3, 0.4) is 0 Å². The van der Waals surface area contributed by atoms with Crippen LogP contribution in [0, 0.1) is 0 Å². The summed E-state index contributed by atoms with van der Waals surface area (Å²) in [6.07, 6.45) is 0. The molecule has 0 heterocycles. The van der Waals surface area contributed by atoms with E-state index in [1.165, 1.54) is 44.6 Å². The number of ether oxygens (including phenoxy) is 2. The number of aromatic carboxylic acids is 1. The van der Waals surface area contributed by atoms with Crippen LogP contribution >= 0.6 is 0 Å². The van der Waals surface area contributed by atoms with Gasteiger partial charge in [0, 0.05) is 11.3 Å². The van der Waals surface area contributed by atoms with Crippen LogP contribution in [0.5, 0.6) is 23.0 Å². The van der Waals surface area contributed by atoms with Crippen molar-refractivity contribution >= 4 is 34.8 Å². The number of amides is 2. The zero-order chi connectivity index (χ0) is 25.0. The molecule has 0 aliphatic carbocycles. The number of methoxy groups -OCH3 is 2. The number of hydrogen-bond acceptors (Lipinski definition) is 8. The molecule has 176 valence electrons. The van der Waals surface area contributed by atoms with Gasteiger partial charge in [-0.25, -0.2) is 4.79 Å². The smallest absolute Gasteiger partial charge is 0.339 e. The van der Waals surface area contributed by atoms with Crippen molar-refractivity contribution in [2.24, 2.45) is 0 Å². The molecule has 0 spiro atoms. The zero-order valence-electron chi connectivity index (χ0n) is 18.1. The average Bonchev–Trinajstić information content (AvgIpc) is 2.79. The van der Waals surface area contributed by atoms with Crippen LogP contribution in [0.2, 0.25) is 0 Å².